The van der Waals surface area contributed by atoms with Crippen LogP contribution >= 0.6 is 0 Å². The minimum atomic E-state index is -1.60. The molecule has 0 aromatic heterocycles. The van der Waals surface area contributed by atoms with Crippen molar-refractivity contribution in [1.29, 1.82) is 0 Å². The third-order valence-electron chi connectivity index (χ3n) is 1.17. The molecule has 56 valence electrons. The summed E-state index contributed by atoms with van der Waals surface area (Å²) in [5, 5.41) is 18.4. The number of aliphatic hydroxyl groups is 1. The fraction of sp³-hybridized carbons (Fsp3) is 0.500. The molecule has 3 N–H and O–H groups in total. The first-order valence-electron chi connectivity index (χ1n) is 2.50. The molecule has 1 aliphatic heterocycles. The zero-order valence-corrected chi connectivity index (χ0v) is 4.77. The van der Waals surface area contributed by atoms with Gasteiger partial charge in [0.25, 0.3) is 11.8 Å². The Morgan fingerprint density at radius 1 is 1.40 bits per heavy atom. The van der Waals surface area contributed by atoms with Gasteiger partial charge in [0.05, 0.1) is 0 Å². The highest BCUT2D eigenvalue weighted by Crippen LogP contribution is 2.05. The normalized spacial score (nSPS) is 32.6. The largest absolute Gasteiger partial charge is 0.380 e. The van der Waals surface area contributed by atoms with Gasteiger partial charge < -0.3 is 5.11 Å². The molecule has 1 aliphatic rings. The second-order valence-electron chi connectivity index (χ2n) is 1.82. The number of carbonyl (C=O) groups is 2. The highest BCUT2D eigenvalue weighted by molar-refractivity contribution is 6.07. The lowest BCUT2D eigenvalue weighted by Gasteiger charge is -2.02. The number of carbonyl (C=O) groups excluding carboxylic acids is 2. The van der Waals surface area contributed by atoms with Crippen molar-refractivity contribution in [2.45, 2.75) is 12.2 Å². The summed E-state index contributed by atoms with van der Waals surface area (Å²) < 4.78 is 0. The Hall–Kier alpha value is -0.980. The molecule has 6 nitrogen and oxygen atoms in total. The molecule has 0 aromatic rings. The molecule has 1 heterocycles. The van der Waals surface area contributed by atoms with Crippen LogP contribution in [0.5, 0.6) is 0 Å². The fourth-order valence-corrected chi connectivity index (χ4v) is 0.653. The van der Waals surface area contributed by atoms with Crippen molar-refractivity contribution >= 4 is 11.8 Å². The van der Waals surface area contributed by atoms with E-state index < -0.39 is 24.0 Å². The molecular weight excluding hydrogens is 142 g/mol. The van der Waals surface area contributed by atoms with E-state index in [1.54, 1.807) is 5.32 Å². The van der Waals surface area contributed by atoms with Crippen LogP contribution in [0.2, 0.25) is 0 Å². The zero-order valence-electron chi connectivity index (χ0n) is 4.77. The van der Waals surface area contributed by atoms with Crippen LogP contribution in [0.4, 0.5) is 0 Å². The first kappa shape index (κ1) is 7.13. The molecule has 1 fully saturated rings. The van der Waals surface area contributed by atoms with Crippen molar-refractivity contribution in [2.24, 2.45) is 0 Å². The molecule has 2 amide bonds. The van der Waals surface area contributed by atoms with Crippen LogP contribution in [0.1, 0.15) is 0 Å². The summed E-state index contributed by atoms with van der Waals surface area (Å²) in [6.07, 6.45) is -3.08. The van der Waals surface area contributed by atoms with E-state index in [1.165, 1.54) is 0 Å². The highest BCUT2D eigenvalue weighted by atomic mass is 17.1. The Bertz CT molecular complexity index is 178. The van der Waals surface area contributed by atoms with Crippen LogP contribution < -0.4 is 5.32 Å². The van der Waals surface area contributed by atoms with Crippen molar-refractivity contribution in [2.75, 3.05) is 0 Å². The predicted molar refractivity (Wildman–Crippen MR) is 26.7 cm³/mol. The lowest BCUT2D eigenvalue weighted by molar-refractivity contribution is -0.281. The molecule has 0 spiro atoms. The van der Waals surface area contributed by atoms with Crippen molar-refractivity contribution < 1.29 is 24.8 Å². The molecule has 0 saturated carbocycles. The van der Waals surface area contributed by atoms with E-state index in [1.807, 2.05) is 0 Å². The van der Waals surface area contributed by atoms with Gasteiger partial charge >= 0.3 is 0 Å². The third-order valence-corrected chi connectivity index (χ3v) is 1.17. The van der Waals surface area contributed by atoms with Gasteiger partial charge in [-0.15, -0.1) is 0 Å². The van der Waals surface area contributed by atoms with Gasteiger partial charge in [0, 0.05) is 0 Å². The van der Waals surface area contributed by atoms with Crippen LogP contribution in [-0.4, -0.2) is 34.4 Å². The maximum Gasteiger partial charge on any atom is 0.262 e. The fourth-order valence-electron chi connectivity index (χ4n) is 0.653. The molecule has 0 aromatic carbocycles. The number of amides is 2. The SMILES string of the molecule is O=C1NC(=O)C(OO)C1O. The Morgan fingerprint density at radius 2 is 2.00 bits per heavy atom. The third kappa shape index (κ3) is 0.878. The van der Waals surface area contributed by atoms with Gasteiger partial charge in [-0.2, -0.15) is 0 Å². The van der Waals surface area contributed by atoms with E-state index in [-0.39, 0.29) is 0 Å². The second kappa shape index (κ2) is 2.33. The predicted octanol–water partition coefficient (Wildman–Crippen LogP) is -2.14. The number of hydrogen-bond donors (Lipinski definition) is 3. The Balaban J connectivity index is 2.73. The number of imide groups is 1. The minimum absolute atomic E-state index is 0.833. The quantitative estimate of drug-likeness (QED) is 0.223. The summed E-state index contributed by atoms with van der Waals surface area (Å²) in [7, 11) is 0. The lowest BCUT2D eigenvalue weighted by Crippen LogP contribution is -2.30. The van der Waals surface area contributed by atoms with Crippen molar-refractivity contribution in [3.8, 4) is 0 Å². The zero-order chi connectivity index (χ0) is 7.72. The van der Waals surface area contributed by atoms with Crippen LogP contribution in [-0.2, 0) is 14.5 Å². The first-order valence-corrected chi connectivity index (χ1v) is 2.50. The molecule has 10 heavy (non-hydrogen) atoms. The molecule has 0 aliphatic carbocycles. The number of hydrogen-bond acceptors (Lipinski definition) is 5. The molecule has 2 atom stereocenters. The van der Waals surface area contributed by atoms with E-state index in [0.717, 1.165) is 0 Å². The van der Waals surface area contributed by atoms with Gasteiger partial charge in [-0.3, -0.25) is 20.2 Å². The van der Waals surface area contributed by atoms with Crippen LogP contribution in [0.3, 0.4) is 0 Å². The number of rotatable bonds is 1. The standard InChI is InChI=1S/C4H5NO5/c6-1-2(10-9)4(8)5-3(1)7/h1-2,6,9H,(H,5,7,8). The topological polar surface area (TPSA) is 95.9 Å². The smallest absolute Gasteiger partial charge is 0.262 e. The summed E-state index contributed by atoms with van der Waals surface area (Å²) in [4.78, 5) is 24.4. The van der Waals surface area contributed by atoms with Crippen molar-refractivity contribution in [1.82, 2.24) is 5.32 Å². The van der Waals surface area contributed by atoms with Gasteiger partial charge in [0.2, 0.25) is 6.10 Å². The van der Waals surface area contributed by atoms with Gasteiger partial charge in [-0.05, 0) is 0 Å². The average Bonchev–Trinajstić information content (AvgIpc) is 2.09. The van der Waals surface area contributed by atoms with E-state index >= 15 is 0 Å². The minimum Gasteiger partial charge on any atom is -0.380 e. The molecule has 0 radical (unpaired) electrons. The Kier molecular flexibility index (Phi) is 1.66. The second-order valence-corrected chi connectivity index (χ2v) is 1.82. The lowest BCUT2D eigenvalue weighted by atomic mass is 10.2. The Labute approximate surface area is 55.3 Å². The van der Waals surface area contributed by atoms with E-state index in [4.69, 9.17) is 10.4 Å². The van der Waals surface area contributed by atoms with E-state index in [0.29, 0.717) is 0 Å². The molecular formula is C4H5NO5. The van der Waals surface area contributed by atoms with Crippen LogP contribution in [0.25, 0.3) is 0 Å². The first-order chi connectivity index (χ1) is 4.66. The van der Waals surface area contributed by atoms with Crippen molar-refractivity contribution in [3.05, 3.63) is 0 Å². The van der Waals surface area contributed by atoms with E-state index in [9.17, 15) is 9.59 Å². The summed E-state index contributed by atoms with van der Waals surface area (Å²) in [5.41, 5.74) is 0. The van der Waals surface area contributed by atoms with Crippen LogP contribution in [0, 0.1) is 0 Å². The summed E-state index contributed by atoms with van der Waals surface area (Å²) >= 11 is 0. The van der Waals surface area contributed by atoms with Crippen LogP contribution in [0.15, 0.2) is 0 Å². The maximum absolute atomic E-state index is 10.4. The van der Waals surface area contributed by atoms with Gasteiger partial charge in [-0.1, -0.05) is 0 Å². The molecule has 6 heteroatoms. The number of nitrogens with one attached hydrogen (secondary N) is 1. The van der Waals surface area contributed by atoms with E-state index in [2.05, 4.69) is 4.89 Å². The number of aliphatic hydroxyl groups excluding tert-OH is 1. The molecule has 0 bridgehead atoms. The maximum atomic E-state index is 10.4. The molecule has 1 saturated heterocycles. The van der Waals surface area contributed by atoms with Gasteiger partial charge in [0.1, 0.15) is 0 Å². The molecule has 2 unspecified atom stereocenters. The highest BCUT2D eigenvalue weighted by Gasteiger charge is 2.41. The van der Waals surface area contributed by atoms with Crippen molar-refractivity contribution in [3.63, 3.8) is 0 Å². The van der Waals surface area contributed by atoms with Gasteiger partial charge in [0.15, 0.2) is 6.10 Å². The van der Waals surface area contributed by atoms with Gasteiger partial charge in [-0.25, -0.2) is 4.89 Å². The average molecular weight is 147 g/mol. The Morgan fingerprint density at radius 3 is 2.20 bits per heavy atom. The summed E-state index contributed by atoms with van der Waals surface area (Å²) in [5.74, 6) is -1.69. The molecule has 1 rings (SSSR count). The monoisotopic (exact) mass is 147 g/mol. The summed E-state index contributed by atoms with van der Waals surface area (Å²) in [6, 6.07) is 0. The summed E-state index contributed by atoms with van der Waals surface area (Å²) in [6.45, 7) is 0.